The molecule has 0 aliphatic carbocycles. The van der Waals surface area contributed by atoms with Crippen molar-refractivity contribution in [2.24, 2.45) is 0 Å². The summed E-state index contributed by atoms with van der Waals surface area (Å²) in [6.07, 6.45) is 2.99. The van der Waals surface area contributed by atoms with Gasteiger partial charge in [-0.25, -0.2) is 9.97 Å². The molecule has 1 amide bonds. The van der Waals surface area contributed by atoms with Crippen LogP contribution in [0.15, 0.2) is 60.9 Å². The summed E-state index contributed by atoms with van der Waals surface area (Å²) in [7, 11) is 0. The fraction of sp³-hybridized carbons (Fsp3) is 0.190. The van der Waals surface area contributed by atoms with Crippen LogP contribution in [-0.4, -0.2) is 15.9 Å². The number of hydrogen-bond acceptors (Lipinski definition) is 4. The minimum absolute atomic E-state index is 0.00614. The van der Waals surface area contributed by atoms with Crippen molar-refractivity contribution in [3.05, 3.63) is 77.2 Å². The standard InChI is InChI=1S/C21H21ClN4O/c1-21(2,3)16-9-4-5-10-17(16)26-19-13-23-18(12-24-19)20(27)25-15-8-6-7-14(22)11-15/h4-13H,1-3H3,(H,24,26)(H,25,27). The highest BCUT2D eigenvalue weighted by atomic mass is 35.5. The monoisotopic (exact) mass is 380 g/mol. The van der Waals surface area contributed by atoms with Crippen molar-refractivity contribution in [1.29, 1.82) is 0 Å². The first-order valence-electron chi connectivity index (χ1n) is 8.58. The molecule has 0 aliphatic rings. The molecule has 3 aromatic rings. The number of nitrogens with zero attached hydrogens (tertiary/aromatic N) is 2. The van der Waals surface area contributed by atoms with Crippen LogP contribution in [0.25, 0.3) is 0 Å². The summed E-state index contributed by atoms with van der Waals surface area (Å²) in [6, 6.07) is 15.0. The molecular weight excluding hydrogens is 360 g/mol. The number of anilines is 3. The van der Waals surface area contributed by atoms with Gasteiger partial charge in [-0.1, -0.05) is 56.6 Å². The summed E-state index contributed by atoms with van der Waals surface area (Å²) in [5.74, 6) is 0.234. The number of carbonyl (C=O) groups excluding carboxylic acids is 1. The molecule has 0 spiro atoms. The van der Waals surface area contributed by atoms with Gasteiger partial charge in [0.25, 0.3) is 5.91 Å². The Hall–Kier alpha value is -2.92. The Bertz CT molecular complexity index is 949. The van der Waals surface area contributed by atoms with E-state index in [2.05, 4.69) is 47.4 Å². The second-order valence-electron chi connectivity index (χ2n) is 7.17. The first-order chi connectivity index (χ1) is 12.8. The van der Waals surface area contributed by atoms with Crippen molar-refractivity contribution in [2.45, 2.75) is 26.2 Å². The molecule has 0 saturated carbocycles. The first kappa shape index (κ1) is 18.9. The molecule has 1 heterocycles. The summed E-state index contributed by atoms with van der Waals surface area (Å²) in [6.45, 7) is 6.47. The zero-order chi connectivity index (χ0) is 19.4. The smallest absolute Gasteiger partial charge is 0.275 e. The zero-order valence-corrected chi connectivity index (χ0v) is 16.2. The fourth-order valence-corrected chi connectivity index (χ4v) is 2.85. The fourth-order valence-electron chi connectivity index (χ4n) is 2.66. The van der Waals surface area contributed by atoms with Crippen LogP contribution >= 0.6 is 11.6 Å². The molecule has 6 heteroatoms. The van der Waals surface area contributed by atoms with E-state index in [0.29, 0.717) is 16.5 Å². The highest BCUT2D eigenvalue weighted by Crippen LogP contribution is 2.30. The molecule has 0 radical (unpaired) electrons. The topological polar surface area (TPSA) is 66.9 Å². The lowest BCUT2D eigenvalue weighted by molar-refractivity contribution is 0.102. The lowest BCUT2D eigenvalue weighted by atomic mass is 9.86. The molecule has 0 saturated heterocycles. The van der Waals surface area contributed by atoms with Crippen molar-refractivity contribution < 1.29 is 4.79 Å². The number of carbonyl (C=O) groups is 1. The Morgan fingerprint density at radius 2 is 1.78 bits per heavy atom. The van der Waals surface area contributed by atoms with Crippen LogP contribution < -0.4 is 10.6 Å². The number of halogens is 1. The maximum absolute atomic E-state index is 12.3. The maximum Gasteiger partial charge on any atom is 0.275 e. The maximum atomic E-state index is 12.3. The van der Waals surface area contributed by atoms with Gasteiger partial charge in [0.05, 0.1) is 12.4 Å². The number of aromatic nitrogens is 2. The van der Waals surface area contributed by atoms with Gasteiger partial charge in [0.1, 0.15) is 11.5 Å². The normalized spacial score (nSPS) is 11.1. The second kappa shape index (κ2) is 7.76. The van der Waals surface area contributed by atoms with Crippen LogP contribution in [0.1, 0.15) is 36.8 Å². The van der Waals surface area contributed by atoms with Crippen LogP contribution in [-0.2, 0) is 5.41 Å². The quantitative estimate of drug-likeness (QED) is 0.633. The molecule has 138 valence electrons. The summed E-state index contributed by atoms with van der Waals surface area (Å²) in [5.41, 5.74) is 2.97. The van der Waals surface area contributed by atoms with Crippen LogP contribution in [0.4, 0.5) is 17.2 Å². The second-order valence-corrected chi connectivity index (χ2v) is 7.61. The molecule has 27 heavy (non-hydrogen) atoms. The molecule has 1 aromatic heterocycles. The zero-order valence-electron chi connectivity index (χ0n) is 15.5. The summed E-state index contributed by atoms with van der Waals surface area (Å²) >= 11 is 5.93. The van der Waals surface area contributed by atoms with Crippen molar-refractivity contribution in [3.8, 4) is 0 Å². The third-order valence-corrected chi connectivity index (χ3v) is 4.20. The van der Waals surface area contributed by atoms with Gasteiger partial charge in [-0.3, -0.25) is 4.79 Å². The first-order valence-corrected chi connectivity index (χ1v) is 8.96. The van der Waals surface area contributed by atoms with E-state index in [9.17, 15) is 4.79 Å². The van der Waals surface area contributed by atoms with E-state index in [-0.39, 0.29) is 17.0 Å². The van der Waals surface area contributed by atoms with E-state index in [1.807, 2.05) is 18.2 Å². The molecular formula is C21H21ClN4O. The Labute approximate surface area is 163 Å². The van der Waals surface area contributed by atoms with Gasteiger partial charge in [0.2, 0.25) is 0 Å². The number of rotatable bonds is 4. The Morgan fingerprint density at radius 3 is 2.44 bits per heavy atom. The number of amides is 1. The molecule has 0 aliphatic heterocycles. The largest absolute Gasteiger partial charge is 0.339 e. The average Bonchev–Trinajstić information content (AvgIpc) is 2.62. The Morgan fingerprint density at radius 1 is 1.00 bits per heavy atom. The van der Waals surface area contributed by atoms with Gasteiger partial charge in [0, 0.05) is 16.4 Å². The van der Waals surface area contributed by atoms with Crippen LogP contribution in [0.3, 0.4) is 0 Å². The predicted octanol–water partition coefficient (Wildman–Crippen LogP) is 5.42. The lowest BCUT2D eigenvalue weighted by Crippen LogP contribution is -2.15. The molecule has 0 unspecified atom stereocenters. The van der Waals surface area contributed by atoms with E-state index in [1.165, 1.54) is 11.8 Å². The number of hydrogen-bond donors (Lipinski definition) is 2. The third kappa shape index (κ3) is 4.83. The van der Waals surface area contributed by atoms with E-state index in [0.717, 1.165) is 5.69 Å². The van der Waals surface area contributed by atoms with Gasteiger partial charge in [0.15, 0.2) is 0 Å². The summed E-state index contributed by atoms with van der Waals surface area (Å²) in [4.78, 5) is 20.8. The van der Waals surface area contributed by atoms with Crippen LogP contribution in [0, 0.1) is 0 Å². The third-order valence-electron chi connectivity index (χ3n) is 3.96. The average molecular weight is 381 g/mol. The summed E-state index contributed by atoms with van der Waals surface area (Å²) in [5, 5.41) is 6.58. The van der Waals surface area contributed by atoms with Gasteiger partial charge in [-0.15, -0.1) is 0 Å². The SMILES string of the molecule is CC(C)(C)c1ccccc1Nc1cnc(C(=O)Nc2cccc(Cl)c2)cn1. The molecule has 2 N–H and O–H groups in total. The van der Waals surface area contributed by atoms with E-state index in [1.54, 1.807) is 30.5 Å². The number of para-hydroxylation sites is 1. The molecule has 2 aromatic carbocycles. The van der Waals surface area contributed by atoms with E-state index < -0.39 is 0 Å². The Balaban J connectivity index is 1.74. The van der Waals surface area contributed by atoms with Crippen molar-refractivity contribution in [2.75, 3.05) is 10.6 Å². The molecule has 5 nitrogen and oxygen atoms in total. The van der Waals surface area contributed by atoms with Gasteiger partial charge < -0.3 is 10.6 Å². The van der Waals surface area contributed by atoms with E-state index >= 15 is 0 Å². The number of benzene rings is 2. The minimum Gasteiger partial charge on any atom is -0.339 e. The van der Waals surface area contributed by atoms with Crippen molar-refractivity contribution >= 4 is 34.7 Å². The Kier molecular flexibility index (Phi) is 5.42. The van der Waals surface area contributed by atoms with Gasteiger partial charge >= 0.3 is 0 Å². The van der Waals surface area contributed by atoms with Gasteiger partial charge in [-0.2, -0.15) is 0 Å². The van der Waals surface area contributed by atoms with Crippen molar-refractivity contribution in [1.82, 2.24) is 9.97 Å². The lowest BCUT2D eigenvalue weighted by Gasteiger charge is -2.23. The van der Waals surface area contributed by atoms with Crippen LogP contribution in [0.5, 0.6) is 0 Å². The molecule has 0 bridgehead atoms. The molecule has 3 rings (SSSR count). The minimum atomic E-state index is -0.341. The van der Waals surface area contributed by atoms with Crippen LogP contribution in [0.2, 0.25) is 5.02 Å². The highest BCUT2D eigenvalue weighted by molar-refractivity contribution is 6.30. The predicted molar refractivity (Wildman–Crippen MR) is 110 cm³/mol. The molecule has 0 fully saturated rings. The number of nitrogens with one attached hydrogen (secondary N) is 2. The van der Waals surface area contributed by atoms with Gasteiger partial charge in [-0.05, 0) is 35.2 Å². The van der Waals surface area contributed by atoms with E-state index in [4.69, 9.17) is 11.6 Å². The molecule has 0 atom stereocenters. The van der Waals surface area contributed by atoms with Crippen molar-refractivity contribution in [3.63, 3.8) is 0 Å². The highest BCUT2D eigenvalue weighted by Gasteiger charge is 2.18. The summed E-state index contributed by atoms with van der Waals surface area (Å²) < 4.78 is 0.